The Labute approximate surface area is 174 Å². The first-order chi connectivity index (χ1) is 14.0. The largest absolute Gasteiger partial charge is 0.350 e. The van der Waals surface area contributed by atoms with Crippen molar-refractivity contribution in [2.24, 2.45) is 0 Å². The van der Waals surface area contributed by atoms with Crippen molar-refractivity contribution in [2.45, 2.75) is 13.1 Å². The van der Waals surface area contributed by atoms with Crippen LogP contribution < -0.4 is 10.9 Å². The van der Waals surface area contributed by atoms with Crippen LogP contribution in [0, 0.1) is 5.82 Å². The Morgan fingerprint density at radius 3 is 2.59 bits per heavy atom. The van der Waals surface area contributed by atoms with Crippen LogP contribution in [0.5, 0.6) is 0 Å². The number of thiophene rings is 1. The monoisotopic (exact) mass is 427 g/mol. The van der Waals surface area contributed by atoms with E-state index in [2.05, 4.69) is 10.3 Å². The molecule has 5 nitrogen and oxygen atoms in total. The SMILES string of the molecule is O=C(Cn1cnc2scc(-c3ccc(F)cc3)c2c1=O)NCc1ccc(Cl)cc1. The number of carbonyl (C=O) groups excluding carboxylic acids is 1. The zero-order valence-electron chi connectivity index (χ0n) is 15.1. The Morgan fingerprint density at radius 2 is 1.86 bits per heavy atom. The summed E-state index contributed by atoms with van der Waals surface area (Å²) < 4.78 is 14.5. The molecule has 4 aromatic rings. The number of aromatic nitrogens is 2. The number of halogens is 2. The minimum atomic E-state index is -0.346. The number of benzene rings is 2. The third-order valence-electron chi connectivity index (χ3n) is 4.43. The molecule has 0 saturated heterocycles. The number of nitrogens with zero attached hydrogens (tertiary/aromatic N) is 2. The zero-order chi connectivity index (χ0) is 20.4. The van der Waals surface area contributed by atoms with Crippen molar-refractivity contribution in [3.05, 3.63) is 87.0 Å². The standard InChI is InChI=1S/C21H15ClFN3O2S/c22-15-5-1-13(2-6-15)9-24-18(27)10-26-12-25-20-19(21(26)28)17(11-29-20)14-3-7-16(23)8-4-14/h1-8,11-12H,9-10H2,(H,24,27). The van der Waals surface area contributed by atoms with Gasteiger partial charge in [0.1, 0.15) is 17.2 Å². The van der Waals surface area contributed by atoms with Gasteiger partial charge < -0.3 is 5.32 Å². The van der Waals surface area contributed by atoms with E-state index in [1.54, 1.807) is 24.3 Å². The van der Waals surface area contributed by atoms with Gasteiger partial charge in [0, 0.05) is 22.5 Å². The van der Waals surface area contributed by atoms with Crippen molar-refractivity contribution >= 4 is 39.1 Å². The Hall–Kier alpha value is -3.03. The average molecular weight is 428 g/mol. The molecule has 8 heteroatoms. The van der Waals surface area contributed by atoms with Gasteiger partial charge in [-0.1, -0.05) is 35.9 Å². The van der Waals surface area contributed by atoms with Gasteiger partial charge in [0.25, 0.3) is 5.56 Å². The second-order valence-corrected chi connectivity index (χ2v) is 7.71. The third-order valence-corrected chi connectivity index (χ3v) is 5.57. The normalized spacial score (nSPS) is 11.0. The summed E-state index contributed by atoms with van der Waals surface area (Å²) in [7, 11) is 0. The number of hydrogen-bond donors (Lipinski definition) is 1. The van der Waals surface area contributed by atoms with E-state index in [1.807, 2.05) is 17.5 Å². The van der Waals surface area contributed by atoms with E-state index in [0.717, 1.165) is 11.1 Å². The molecule has 1 N–H and O–H groups in total. The van der Waals surface area contributed by atoms with Crippen LogP contribution in [0.15, 0.2) is 65.0 Å². The summed E-state index contributed by atoms with van der Waals surface area (Å²) in [6.45, 7) is 0.188. The lowest BCUT2D eigenvalue weighted by Gasteiger charge is -2.08. The molecule has 0 unspecified atom stereocenters. The van der Waals surface area contributed by atoms with Gasteiger partial charge in [-0.2, -0.15) is 0 Å². The van der Waals surface area contributed by atoms with Gasteiger partial charge in [-0.3, -0.25) is 14.2 Å². The van der Waals surface area contributed by atoms with Crippen molar-refractivity contribution < 1.29 is 9.18 Å². The van der Waals surface area contributed by atoms with Crippen LogP contribution in [-0.4, -0.2) is 15.5 Å². The summed E-state index contributed by atoms with van der Waals surface area (Å²) in [6, 6.07) is 13.1. The fourth-order valence-corrected chi connectivity index (χ4v) is 3.97. The molecule has 0 radical (unpaired) electrons. The quantitative estimate of drug-likeness (QED) is 0.518. The lowest BCUT2D eigenvalue weighted by atomic mass is 10.1. The maximum absolute atomic E-state index is 13.2. The number of fused-ring (bicyclic) bond motifs is 1. The lowest BCUT2D eigenvalue weighted by Crippen LogP contribution is -2.32. The van der Waals surface area contributed by atoms with E-state index >= 15 is 0 Å². The first kappa shape index (κ1) is 19.3. The summed E-state index contributed by atoms with van der Waals surface area (Å²) in [5.41, 5.74) is 2.00. The van der Waals surface area contributed by atoms with Crippen molar-refractivity contribution in [2.75, 3.05) is 0 Å². The molecule has 2 heterocycles. The van der Waals surface area contributed by atoms with Gasteiger partial charge in [-0.15, -0.1) is 11.3 Å². The molecule has 0 atom stereocenters. The molecule has 1 amide bonds. The summed E-state index contributed by atoms with van der Waals surface area (Å²) >= 11 is 7.19. The zero-order valence-corrected chi connectivity index (χ0v) is 16.6. The Bertz CT molecular complexity index is 1230. The van der Waals surface area contributed by atoms with Gasteiger partial charge in [-0.05, 0) is 35.4 Å². The molecule has 0 fully saturated rings. The molecule has 146 valence electrons. The topological polar surface area (TPSA) is 64.0 Å². The maximum atomic E-state index is 13.2. The van der Waals surface area contributed by atoms with E-state index in [4.69, 9.17) is 11.6 Å². The Balaban J connectivity index is 1.56. The van der Waals surface area contributed by atoms with E-state index in [-0.39, 0.29) is 23.8 Å². The fourth-order valence-electron chi connectivity index (χ4n) is 2.94. The van der Waals surface area contributed by atoms with Crippen LogP contribution in [0.2, 0.25) is 5.02 Å². The average Bonchev–Trinajstić information content (AvgIpc) is 3.15. The molecular weight excluding hydrogens is 413 g/mol. The number of carbonyl (C=O) groups is 1. The number of rotatable bonds is 5. The van der Waals surface area contributed by atoms with Gasteiger partial charge in [0.15, 0.2) is 0 Å². The lowest BCUT2D eigenvalue weighted by molar-refractivity contribution is -0.121. The minimum Gasteiger partial charge on any atom is -0.350 e. The molecule has 2 aromatic heterocycles. The van der Waals surface area contributed by atoms with Crippen molar-refractivity contribution in [1.82, 2.24) is 14.9 Å². The molecule has 0 bridgehead atoms. The highest BCUT2D eigenvalue weighted by Gasteiger charge is 2.14. The summed E-state index contributed by atoms with van der Waals surface area (Å²) in [5.74, 6) is -0.650. The minimum absolute atomic E-state index is 0.145. The van der Waals surface area contributed by atoms with Crippen LogP contribution in [0.1, 0.15) is 5.56 Å². The number of amides is 1. The van der Waals surface area contributed by atoms with Gasteiger partial charge >= 0.3 is 0 Å². The van der Waals surface area contributed by atoms with E-state index in [1.165, 1.54) is 34.4 Å². The van der Waals surface area contributed by atoms with E-state index in [0.29, 0.717) is 27.3 Å². The summed E-state index contributed by atoms with van der Waals surface area (Å²) in [6.07, 6.45) is 1.37. The Kier molecular flexibility index (Phi) is 5.42. The first-order valence-corrected chi connectivity index (χ1v) is 10.0. The molecule has 4 rings (SSSR count). The highest BCUT2D eigenvalue weighted by molar-refractivity contribution is 7.17. The number of nitrogens with one attached hydrogen (secondary N) is 1. The van der Waals surface area contributed by atoms with Crippen LogP contribution in [-0.2, 0) is 17.9 Å². The summed E-state index contributed by atoms with van der Waals surface area (Å²) in [4.78, 5) is 30.1. The molecule has 0 aliphatic carbocycles. The molecule has 0 aliphatic heterocycles. The Morgan fingerprint density at radius 1 is 1.14 bits per heavy atom. The fraction of sp³-hybridized carbons (Fsp3) is 0.0952. The number of hydrogen-bond acceptors (Lipinski definition) is 4. The second kappa shape index (κ2) is 8.14. The second-order valence-electron chi connectivity index (χ2n) is 6.42. The van der Waals surface area contributed by atoms with Crippen LogP contribution in [0.3, 0.4) is 0 Å². The maximum Gasteiger partial charge on any atom is 0.263 e. The van der Waals surface area contributed by atoms with Crippen molar-refractivity contribution in [3.63, 3.8) is 0 Å². The molecule has 0 spiro atoms. The predicted octanol–water partition coefficient (Wildman–Crippen LogP) is 4.23. The highest BCUT2D eigenvalue weighted by Crippen LogP contribution is 2.30. The van der Waals surface area contributed by atoms with Crippen LogP contribution >= 0.6 is 22.9 Å². The summed E-state index contributed by atoms with van der Waals surface area (Å²) in [5, 5.41) is 5.65. The van der Waals surface area contributed by atoms with Gasteiger partial charge in [0.2, 0.25) is 5.91 Å². The van der Waals surface area contributed by atoms with E-state index < -0.39 is 0 Å². The predicted molar refractivity (Wildman–Crippen MR) is 113 cm³/mol. The molecule has 29 heavy (non-hydrogen) atoms. The van der Waals surface area contributed by atoms with Gasteiger partial charge in [-0.25, -0.2) is 9.37 Å². The van der Waals surface area contributed by atoms with Crippen LogP contribution in [0.25, 0.3) is 21.3 Å². The molecule has 0 aliphatic rings. The molecule has 2 aromatic carbocycles. The van der Waals surface area contributed by atoms with E-state index in [9.17, 15) is 14.0 Å². The third kappa shape index (κ3) is 4.21. The van der Waals surface area contributed by atoms with Crippen LogP contribution in [0.4, 0.5) is 4.39 Å². The van der Waals surface area contributed by atoms with Crippen molar-refractivity contribution in [3.8, 4) is 11.1 Å². The van der Waals surface area contributed by atoms with Crippen molar-refractivity contribution in [1.29, 1.82) is 0 Å². The molecular formula is C21H15ClFN3O2S. The first-order valence-electron chi connectivity index (χ1n) is 8.75. The highest BCUT2D eigenvalue weighted by atomic mass is 35.5. The van der Waals surface area contributed by atoms with Gasteiger partial charge in [0.05, 0.1) is 11.7 Å². The molecule has 0 saturated carbocycles. The smallest absolute Gasteiger partial charge is 0.263 e.